The number of ether oxygens (including phenoxy) is 16. The molecule has 8 N–H and O–H groups in total. The normalized spacial score (nSPS) is 13.2. The highest BCUT2D eigenvalue weighted by Crippen LogP contribution is 2.22. The minimum absolute atomic E-state index is 0.0578. The Morgan fingerprint density at radius 3 is 1.22 bits per heavy atom. The van der Waals surface area contributed by atoms with Crippen LogP contribution in [0, 0.1) is 5.92 Å². The van der Waals surface area contributed by atoms with Gasteiger partial charge in [0.05, 0.1) is 228 Å². The Labute approximate surface area is 743 Å². The van der Waals surface area contributed by atoms with Crippen molar-refractivity contribution >= 4 is 63.8 Å². The first-order valence-electron chi connectivity index (χ1n) is 46.2. The van der Waals surface area contributed by atoms with Crippen LogP contribution in [0.5, 0.6) is 0 Å². The molecular formula is C89H159N11O25. The zero-order valence-electron chi connectivity index (χ0n) is 76.4. The fraction of sp³-hybridized carbons (Fsp3) is 0.820. The zero-order chi connectivity index (χ0) is 90.3. The molecule has 1 aliphatic rings. The lowest BCUT2D eigenvalue weighted by Crippen LogP contribution is -2.58. The third-order valence-electron chi connectivity index (χ3n) is 20.6. The highest BCUT2D eigenvalue weighted by Gasteiger charge is 2.33. The average Bonchev–Trinajstić information content (AvgIpc) is 0.788. The summed E-state index contributed by atoms with van der Waals surface area (Å²) >= 11 is 0. The SMILES string of the molecule is CCCCCCCCCCCCCCCC(=O)NCCCCCC(=O)N[C@H](C(=O)N[C@@H](CCCCNC(=O)CCOCCOCCOCCOCCOCCOCCOCCOCCOCCOCCOCCOCCOCCOCCOCCOC)C(=O)N1CCN(c2ccc3ncn(CC(=O)N[C@@H](CCCNC(N)=O)C(C)=O)c(=O)c3c2)CC1)[C@@H](C)CC. The summed E-state index contributed by atoms with van der Waals surface area (Å²) in [7, 11) is 1.64. The van der Waals surface area contributed by atoms with Gasteiger partial charge in [0.1, 0.15) is 18.6 Å². The Kier molecular flexibility index (Phi) is 71.5. The maximum Gasteiger partial charge on any atom is 0.312 e. The number of piperazine rings is 1. The number of nitrogens with two attached hydrogens (primary N) is 1. The molecule has 0 saturated carbocycles. The molecule has 1 saturated heterocycles. The molecule has 1 aliphatic heterocycles. The molecule has 0 aliphatic carbocycles. The number of anilines is 1. The molecule has 2 heterocycles. The molecule has 2 aromatic rings. The first kappa shape index (κ1) is 112. The van der Waals surface area contributed by atoms with Crippen molar-refractivity contribution in [3.8, 4) is 0 Å². The number of hydrogen-bond acceptors (Lipinski definition) is 27. The van der Waals surface area contributed by atoms with Crippen LogP contribution in [0.25, 0.3) is 10.9 Å². The summed E-state index contributed by atoms with van der Waals surface area (Å²) < 4.78 is 89.0. The van der Waals surface area contributed by atoms with Crippen LogP contribution in [0.1, 0.15) is 188 Å². The van der Waals surface area contributed by atoms with Gasteiger partial charge >= 0.3 is 6.03 Å². The van der Waals surface area contributed by atoms with Crippen LogP contribution in [0.2, 0.25) is 0 Å². The molecule has 0 bridgehead atoms. The predicted octanol–water partition coefficient (Wildman–Crippen LogP) is 6.31. The standard InChI is InChI=1S/C89H159N11O25/c1-6-8-9-10-11-12-13-14-15-16-17-18-20-28-81(102)91-33-23-19-21-29-83(104)97-85(74(3)7-2)86(106)96-80(88(108)99-38-36-98(37-39-99)76-30-31-79-77(71-76)87(107)100(73-94-79)72-84(105)95-78(75(4)101)27-25-35-93-89(90)109)26-22-24-34-92-82(103)32-40-111-43-44-113-47-48-115-51-52-117-55-56-119-59-60-121-63-64-123-67-68-125-70-69-124-66-65-122-62-61-120-58-57-118-54-53-116-50-49-114-46-45-112-42-41-110-5/h30-31,71,73-74,78,80,85H,6-29,32-70,72H2,1-5H3,(H,91,102)(H,92,103)(H,95,105)(H,96,106)(H,97,104)(H3,90,93,109)/t74-,78-,80-,85-/m0/s1. The first-order valence-corrected chi connectivity index (χ1v) is 46.2. The molecule has 0 unspecified atom stereocenters. The molecule has 0 radical (unpaired) electrons. The lowest BCUT2D eigenvalue weighted by molar-refractivity contribution is -0.138. The van der Waals surface area contributed by atoms with Gasteiger partial charge in [0.2, 0.25) is 35.4 Å². The molecule has 36 heteroatoms. The molecule has 720 valence electrons. The number of unbranched alkanes of at least 4 members (excludes halogenated alkanes) is 15. The molecule has 3 rings (SSSR count). The number of ketones is 1. The van der Waals surface area contributed by atoms with Crippen LogP contribution in [0.3, 0.4) is 0 Å². The van der Waals surface area contributed by atoms with Crippen LogP contribution in [0.4, 0.5) is 10.5 Å². The number of fused-ring (bicyclic) bond motifs is 1. The van der Waals surface area contributed by atoms with Crippen molar-refractivity contribution in [1.29, 1.82) is 0 Å². The number of hydrogen-bond donors (Lipinski definition) is 7. The van der Waals surface area contributed by atoms with E-state index in [9.17, 15) is 43.2 Å². The average molecular weight is 1780 g/mol. The van der Waals surface area contributed by atoms with Gasteiger partial charge in [0.25, 0.3) is 5.56 Å². The summed E-state index contributed by atoms with van der Waals surface area (Å²) in [5.74, 6) is -2.27. The monoisotopic (exact) mass is 1780 g/mol. The Balaban J connectivity index is 1.28. The van der Waals surface area contributed by atoms with E-state index in [1.165, 1.54) is 82.0 Å². The minimum atomic E-state index is -0.948. The molecule has 4 atom stereocenters. The van der Waals surface area contributed by atoms with Gasteiger partial charge in [-0.1, -0.05) is 111 Å². The van der Waals surface area contributed by atoms with Gasteiger partial charge in [-0.25, -0.2) is 9.78 Å². The number of rotatable bonds is 88. The van der Waals surface area contributed by atoms with Gasteiger partial charge in [-0.05, 0) is 82.4 Å². The minimum Gasteiger partial charge on any atom is -0.382 e. The lowest BCUT2D eigenvalue weighted by Gasteiger charge is -2.38. The topological polar surface area (TPSA) is 424 Å². The van der Waals surface area contributed by atoms with E-state index in [1.54, 1.807) is 24.1 Å². The van der Waals surface area contributed by atoms with E-state index in [-0.39, 0.29) is 99.2 Å². The summed E-state index contributed by atoms with van der Waals surface area (Å²) in [6.07, 6.45) is 22.9. The quantitative estimate of drug-likeness (QED) is 0.0356. The molecular weight excluding hydrogens is 1620 g/mol. The van der Waals surface area contributed by atoms with Crippen molar-refractivity contribution in [3.05, 3.63) is 34.9 Å². The number of nitrogens with zero attached hydrogens (tertiary/aromatic N) is 4. The van der Waals surface area contributed by atoms with Crippen molar-refractivity contribution in [2.75, 3.05) is 263 Å². The van der Waals surface area contributed by atoms with Gasteiger partial charge < -0.3 is 123 Å². The van der Waals surface area contributed by atoms with Crippen LogP contribution in [-0.2, 0) is 116 Å². The Morgan fingerprint density at radius 2 is 0.800 bits per heavy atom. The number of methoxy groups -OCH3 is 1. The highest BCUT2D eigenvalue weighted by molar-refractivity contribution is 5.92. The number of primary amides is 1. The number of nitrogens with one attached hydrogen (secondary N) is 6. The van der Waals surface area contributed by atoms with Crippen LogP contribution < -0.4 is 48.1 Å². The zero-order valence-corrected chi connectivity index (χ0v) is 76.4. The number of benzene rings is 1. The molecule has 1 aromatic heterocycles. The second-order valence-corrected chi connectivity index (χ2v) is 30.8. The molecule has 36 nitrogen and oxygen atoms in total. The van der Waals surface area contributed by atoms with E-state index in [2.05, 4.69) is 43.8 Å². The van der Waals surface area contributed by atoms with E-state index in [1.807, 2.05) is 24.8 Å². The van der Waals surface area contributed by atoms with E-state index in [0.29, 0.717) is 274 Å². The van der Waals surface area contributed by atoms with Gasteiger partial charge in [0.15, 0.2) is 5.78 Å². The fourth-order valence-corrected chi connectivity index (χ4v) is 13.1. The number of aromatic nitrogens is 2. The van der Waals surface area contributed by atoms with Gasteiger partial charge in [-0.2, -0.15) is 0 Å². The molecule has 8 amide bonds. The summed E-state index contributed by atoms with van der Waals surface area (Å²) in [6, 6.07) is 1.88. The number of urea groups is 1. The maximum atomic E-state index is 14.7. The van der Waals surface area contributed by atoms with E-state index >= 15 is 0 Å². The lowest BCUT2D eigenvalue weighted by atomic mass is 9.97. The third-order valence-corrected chi connectivity index (χ3v) is 20.6. The Morgan fingerprint density at radius 1 is 0.416 bits per heavy atom. The van der Waals surface area contributed by atoms with Crippen LogP contribution in [-0.4, -0.2) is 338 Å². The smallest absolute Gasteiger partial charge is 0.312 e. The fourth-order valence-electron chi connectivity index (χ4n) is 13.1. The summed E-state index contributed by atoms with van der Waals surface area (Å²) in [4.78, 5) is 127. The number of carbonyl (C=O) groups is 8. The van der Waals surface area contributed by atoms with Gasteiger partial charge in [-0.3, -0.25) is 42.9 Å². The maximum absolute atomic E-state index is 14.7. The van der Waals surface area contributed by atoms with E-state index in [4.69, 9.17) is 81.5 Å². The number of carbonyl (C=O) groups excluding carboxylic acids is 8. The van der Waals surface area contributed by atoms with E-state index in [0.717, 1.165) is 32.1 Å². The third kappa shape index (κ3) is 61.4. The highest BCUT2D eigenvalue weighted by atomic mass is 16.6. The van der Waals surface area contributed by atoms with Crippen molar-refractivity contribution < 1.29 is 114 Å². The van der Waals surface area contributed by atoms with Gasteiger partial charge in [0, 0.05) is 77.9 Å². The molecule has 0 spiro atoms. The summed E-state index contributed by atoms with van der Waals surface area (Å²) in [5.41, 5.74) is 5.80. The summed E-state index contributed by atoms with van der Waals surface area (Å²) in [5, 5.41) is 17.4. The van der Waals surface area contributed by atoms with Crippen molar-refractivity contribution in [2.24, 2.45) is 11.7 Å². The Bertz CT molecular complexity index is 3130. The number of amides is 8. The van der Waals surface area contributed by atoms with Crippen molar-refractivity contribution in [3.63, 3.8) is 0 Å². The second kappa shape index (κ2) is 79.4. The van der Waals surface area contributed by atoms with Crippen molar-refractivity contribution in [1.82, 2.24) is 46.4 Å². The van der Waals surface area contributed by atoms with Crippen molar-refractivity contribution in [2.45, 2.75) is 213 Å². The van der Waals surface area contributed by atoms with Gasteiger partial charge in [-0.15, -0.1) is 0 Å². The van der Waals surface area contributed by atoms with E-state index < -0.39 is 41.5 Å². The first-order chi connectivity index (χ1) is 61.1. The molecule has 125 heavy (non-hydrogen) atoms. The summed E-state index contributed by atoms with van der Waals surface area (Å²) in [6.45, 7) is 23.4. The second-order valence-electron chi connectivity index (χ2n) is 30.8. The molecule has 1 fully saturated rings. The largest absolute Gasteiger partial charge is 0.382 e. The molecule has 1 aromatic carbocycles. The Hall–Kier alpha value is -6.72. The van der Waals surface area contributed by atoms with Crippen LogP contribution >= 0.6 is 0 Å². The number of Topliss-reactive ketones (excluding diaryl/α,β-unsaturated/α-hetero) is 1. The van der Waals surface area contributed by atoms with Crippen LogP contribution in [0.15, 0.2) is 29.3 Å². The predicted molar refractivity (Wildman–Crippen MR) is 475 cm³/mol.